The van der Waals surface area contributed by atoms with Crippen LogP contribution in [0.15, 0.2) is 28.0 Å². The summed E-state index contributed by atoms with van der Waals surface area (Å²) in [5.74, 6) is 0.276. The summed E-state index contributed by atoms with van der Waals surface area (Å²) in [7, 11) is 0. The van der Waals surface area contributed by atoms with Gasteiger partial charge in [-0.2, -0.15) is 0 Å². The van der Waals surface area contributed by atoms with Crippen LogP contribution in [0.4, 0.5) is 5.82 Å². The number of nitrogens with one attached hydrogen (secondary N) is 1. The van der Waals surface area contributed by atoms with Gasteiger partial charge in [-0.1, -0.05) is 30.0 Å². The molecule has 0 saturated carbocycles. The molecule has 0 radical (unpaired) electrons. The second kappa shape index (κ2) is 8.49. The largest absolute Gasteiger partial charge is 0.376 e. The van der Waals surface area contributed by atoms with E-state index < -0.39 is 0 Å². The van der Waals surface area contributed by atoms with Crippen LogP contribution in [0.25, 0.3) is 11.7 Å². The molecule has 2 fully saturated rings. The molecule has 30 heavy (non-hydrogen) atoms. The fourth-order valence-electron chi connectivity index (χ4n) is 3.65. The molecule has 1 amide bonds. The van der Waals surface area contributed by atoms with E-state index in [4.69, 9.17) is 21.9 Å². The number of aryl methyl sites for hydroxylation is 1. The highest BCUT2D eigenvalue weighted by molar-refractivity contribution is 8.26. The van der Waals surface area contributed by atoms with Crippen molar-refractivity contribution in [2.45, 2.75) is 45.8 Å². The lowest BCUT2D eigenvalue weighted by Crippen LogP contribution is -2.34. The van der Waals surface area contributed by atoms with Gasteiger partial charge >= 0.3 is 0 Å². The van der Waals surface area contributed by atoms with Gasteiger partial charge in [0.1, 0.15) is 15.8 Å². The molecule has 9 heteroatoms. The summed E-state index contributed by atoms with van der Waals surface area (Å²) < 4.78 is 7.71. The number of thioether (sulfide) groups is 1. The Morgan fingerprint density at radius 3 is 2.90 bits per heavy atom. The molecule has 0 aliphatic carbocycles. The van der Waals surface area contributed by atoms with Crippen LogP contribution < -0.4 is 10.9 Å². The van der Waals surface area contributed by atoms with Crippen LogP contribution in [0.3, 0.4) is 0 Å². The Kier molecular flexibility index (Phi) is 5.95. The summed E-state index contributed by atoms with van der Waals surface area (Å²) >= 11 is 6.58. The van der Waals surface area contributed by atoms with Crippen LogP contribution in [0.2, 0.25) is 0 Å². The molecular formula is C21H24N4O3S2. The normalized spacial score (nSPS) is 20.9. The van der Waals surface area contributed by atoms with Crippen molar-refractivity contribution in [3.05, 3.63) is 44.7 Å². The molecule has 2 saturated heterocycles. The first-order chi connectivity index (χ1) is 14.4. The number of pyridine rings is 1. The van der Waals surface area contributed by atoms with Crippen LogP contribution in [0.1, 0.15) is 37.8 Å². The highest BCUT2D eigenvalue weighted by Gasteiger charge is 2.34. The smallest absolute Gasteiger partial charge is 0.267 e. The van der Waals surface area contributed by atoms with Crippen molar-refractivity contribution in [1.82, 2.24) is 14.3 Å². The molecule has 0 aromatic carbocycles. The number of nitrogens with zero attached hydrogens (tertiary/aromatic N) is 3. The zero-order valence-corrected chi connectivity index (χ0v) is 18.8. The number of anilines is 1. The van der Waals surface area contributed by atoms with E-state index in [1.165, 1.54) is 16.2 Å². The van der Waals surface area contributed by atoms with Crippen molar-refractivity contribution in [2.75, 3.05) is 18.5 Å². The van der Waals surface area contributed by atoms with Crippen molar-refractivity contribution in [1.29, 1.82) is 0 Å². The molecule has 1 atom stereocenters. The highest BCUT2D eigenvalue weighted by Crippen LogP contribution is 2.34. The third-order valence-corrected chi connectivity index (χ3v) is 6.55. The van der Waals surface area contributed by atoms with E-state index in [9.17, 15) is 9.59 Å². The van der Waals surface area contributed by atoms with Gasteiger partial charge in [0.25, 0.3) is 11.5 Å². The van der Waals surface area contributed by atoms with Crippen LogP contribution in [-0.2, 0) is 9.53 Å². The summed E-state index contributed by atoms with van der Waals surface area (Å²) in [6, 6.07) is 3.69. The molecule has 2 aliphatic rings. The number of hydrogen-bond donors (Lipinski definition) is 1. The van der Waals surface area contributed by atoms with Crippen LogP contribution in [0.5, 0.6) is 0 Å². The van der Waals surface area contributed by atoms with Gasteiger partial charge in [0.2, 0.25) is 0 Å². The highest BCUT2D eigenvalue weighted by atomic mass is 32.2. The maximum absolute atomic E-state index is 13.3. The molecule has 158 valence electrons. The summed E-state index contributed by atoms with van der Waals surface area (Å²) in [5.41, 5.74) is 1.60. The van der Waals surface area contributed by atoms with Crippen molar-refractivity contribution in [2.24, 2.45) is 0 Å². The van der Waals surface area contributed by atoms with Gasteiger partial charge in [-0.25, -0.2) is 4.98 Å². The zero-order chi connectivity index (χ0) is 21.4. The number of aromatic nitrogens is 2. The van der Waals surface area contributed by atoms with Gasteiger partial charge in [0.15, 0.2) is 0 Å². The lowest BCUT2D eigenvalue weighted by Gasteiger charge is -2.18. The van der Waals surface area contributed by atoms with Crippen LogP contribution in [-0.4, -0.2) is 49.8 Å². The van der Waals surface area contributed by atoms with Gasteiger partial charge in [0, 0.05) is 25.4 Å². The monoisotopic (exact) mass is 444 g/mol. The number of rotatable bonds is 5. The second-order valence-electron chi connectivity index (χ2n) is 7.73. The molecule has 4 heterocycles. The molecular weight excluding hydrogens is 420 g/mol. The van der Waals surface area contributed by atoms with E-state index in [0.29, 0.717) is 32.8 Å². The Bertz CT molecular complexity index is 1100. The van der Waals surface area contributed by atoms with Crippen LogP contribution >= 0.6 is 24.0 Å². The van der Waals surface area contributed by atoms with Gasteiger partial charge in [0.05, 0.1) is 16.6 Å². The lowest BCUT2D eigenvalue weighted by atomic mass is 10.2. The fourth-order valence-corrected chi connectivity index (χ4v) is 5.15. The molecule has 1 unspecified atom stereocenters. The summed E-state index contributed by atoms with van der Waals surface area (Å²) in [6.45, 7) is 7.06. The van der Waals surface area contributed by atoms with Crippen molar-refractivity contribution < 1.29 is 9.53 Å². The molecule has 2 aliphatic heterocycles. The zero-order valence-electron chi connectivity index (χ0n) is 17.2. The Morgan fingerprint density at radius 2 is 2.23 bits per heavy atom. The van der Waals surface area contributed by atoms with Crippen LogP contribution in [0, 0.1) is 6.92 Å². The quantitative estimate of drug-likeness (QED) is 0.561. The Balaban J connectivity index is 1.80. The third-order valence-electron chi connectivity index (χ3n) is 5.22. The average molecular weight is 445 g/mol. The Hall–Kier alpha value is -2.23. The molecule has 1 N–H and O–H groups in total. The molecule has 0 spiro atoms. The minimum absolute atomic E-state index is 0.0426. The third kappa shape index (κ3) is 3.89. The van der Waals surface area contributed by atoms with Crippen molar-refractivity contribution in [3.63, 3.8) is 0 Å². The minimum Gasteiger partial charge on any atom is -0.376 e. The topological polar surface area (TPSA) is 75.9 Å². The predicted octanol–water partition coefficient (Wildman–Crippen LogP) is 3.20. The Morgan fingerprint density at radius 1 is 1.43 bits per heavy atom. The van der Waals surface area contributed by atoms with Crippen molar-refractivity contribution in [3.8, 4) is 0 Å². The number of carbonyl (C=O) groups excluding carboxylic acids is 1. The summed E-state index contributed by atoms with van der Waals surface area (Å²) in [5, 5.41) is 3.29. The predicted molar refractivity (Wildman–Crippen MR) is 124 cm³/mol. The molecule has 0 bridgehead atoms. The van der Waals surface area contributed by atoms with Gasteiger partial charge in [-0.15, -0.1) is 0 Å². The average Bonchev–Trinajstić information content (AvgIpc) is 3.31. The lowest BCUT2D eigenvalue weighted by molar-refractivity contribution is -0.123. The van der Waals surface area contributed by atoms with E-state index in [1.54, 1.807) is 17.2 Å². The first kappa shape index (κ1) is 21.0. The number of fused-ring (bicyclic) bond motifs is 1. The number of hydrogen-bond acceptors (Lipinski definition) is 7. The van der Waals surface area contributed by atoms with E-state index >= 15 is 0 Å². The summed E-state index contributed by atoms with van der Waals surface area (Å²) in [6.07, 6.45) is 5.40. The number of ether oxygens (including phenoxy) is 1. The van der Waals surface area contributed by atoms with Gasteiger partial charge in [-0.05, 0) is 51.3 Å². The first-order valence-corrected chi connectivity index (χ1v) is 11.2. The van der Waals surface area contributed by atoms with Gasteiger partial charge < -0.3 is 10.1 Å². The molecule has 4 rings (SSSR count). The molecule has 7 nitrogen and oxygen atoms in total. The maximum atomic E-state index is 13.3. The van der Waals surface area contributed by atoms with E-state index in [2.05, 4.69) is 5.32 Å². The SMILES string of the molecule is Cc1cccn2c(=O)c(/C=C3\SC(=S)N(C(C)C)C3=O)c(NCC3CCCO3)nc12. The second-order valence-corrected chi connectivity index (χ2v) is 9.40. The van der Waals surface area contributed by atoms with Crippen molar-refractivity contribution >= 4 is 51.7 Å². The number of amides is 1. The van der Waals surface area contributed by atoms with E-state index in [-0.39, 0.29) is 23.6 Å². The standard InChI is InChI=1S/C21H24N4O3S2/c1-12(2)25-20(27)16(30-21(25)29)10-15-17(22-11-14-7-5-9-28-14)23-18-13(3)6-4-8-24(18)19(15)26/h4,6,8,10,12,14,22H,5,7,9,11H2,1-3H3/b16-10-. The number of thiocarbonyl (C=S) groups is 1. The summed E-state index contributed by atoms with van der Waals surface area (Å²) in [4.78, 5) is 32.9. The minimum atomic E-state index is -0.228. The molecule has 2 aromatic heterocycles. The Labute approximate surface area is 184 Å². The fraction of sp³-hybridized carbons (Fsp3) is 0.429. The maximum Gasteiger partial charge on any atom is 0.267 e. The van der Waals surface area contributed by atoms with E-state index in [0.717, 1.165) is 25.0 Å². The molecule has 2 aromatic rings. The van der Waals surface area contributed by atoms with E-state index in [1.807, 2.05) is 32.9 Å². The van der Waals surface area contributed by atoms with Gasteiger partial charge in [-0.3, -0.25) is 18.9 Å². The first-order valence-electron chi connectivity index (χ1n) is 10.0. The number of carbonyl (C=O) groups is 1.